The van der Waals surface area contributed by atoms with Crippen LogP contribution in [0.25, 0.3) is 0 Å². The quantitative estimate of drug-likeness (QED) is 0.582. The average Bonchev–Trinajstić information content (AvgIpc) is 2.57. The zero-order chi connectivity index (χ0) is 18.3. The number of aliphatic imine (C=N–C) groups is 1. The molecule has 2 N–H and O–H groups in total. The van der Waals surface area contributed by atoms with Crippen molar-refractivity contribution in [2.75, 3.05) is 36.4 Å². The molecular formula is C17H28N4O2S2. The first-order valence-electron chi connectivity index (χ1n) is 8.63. The van der Waals surface area contributed by atoms with Gasteiger partial charge in [0.05, 0.1) is 12.8 Å². The summed E-state index contributed by atoms with van der Waals surface area (Å²) in [5.74, 6) is 2.05. The van der Waals surface area contributed by atoms with Gasteiger partial charge in [0, 0.05) is 36.3 Å². The van der Waals surface area contributed by atoms with E-state index in [1.165, 1.54) is 6.42 Å². The maximum absolute atomic E-state index is 11.4. The van der Waals surface area contributed by atoms with E-state index in [2.05, 4.69) is 28.8 Å². The van der Waals surface area contributed by atoms with E-state index >= 15 is 0 Å². The van der Waals surface area contributed by atoms with Crippen molar-refractivity contribution < 1.29 is 8.42 Å². The largest absolute Gasteiger partial charge is 0.357 e. The Hall–Kier alpha value is -1.41. The molecule has 1 atom stereocenters. The van der Waals surface area contributed by atoms with E-state index in [-0.39, 0.29) is 0 Å². The molecular weight excluding hydrogens is 356 g/mol. The van der Waals surface area contributed by atoms with Crippen LogP contribution in [-0.4, -0.2) is 56.2 Å². The second-order valence-electron chi connectivity index (χ2n) is 6.09. The highest BCUT2D eigenvalue weighted by Gasteiger charge is 2.21. The Kier molecular flexibility index (Phi) is 7.43. The summed E-state index contributed by atoms with van der Waals surface area (Å²) in [6, 6.07) is 7.37. The Balaban J connectivity index is 2.09. The molecule has 1 saturated heterocycles. The molecule has 140 valence electrons. The van der Waals surface area contributed by atoms with Crippen LogP contribution in [0.15, 0.2) is 29.3 Å². The highest BCUT2D eigenvalue weighted by Crippen LogP contribution is 2.21. The fourth-order valence-electron chi connectivity index (χ4n) is 2.70. The summed E-state index contributed by atoms with van der Waals surface area (Å²) in [4.78, 5) is 7.08. The van der Waals surface area contributed by atoms with Crippen LogP contribution < -0.4 is 10.0 Å². The number of sulfonamides is 1. The van der Waals surface area contributed by atoms with Crippen LogP contribution in [-0.2, 0) is 16.6 Å². The van der Waals surface area contributed by atoms with Crippen molar-refractivity contribution in [2.24, 2.45) is 4.99 Å². The van der Waals surface area contributed by atoms with Crippen LogP contribution in [0.1, 0.15) is 25.8 Å². The molecule has 1 aromatic carbocycles. The molecule has 0 amide bonds. The molecule has 0 saturated carbocycles. The average molecular weight is 385 g/mol. The number of anilines is 1. The van der Waals surface area contributed by atoms with Crippen LogP contribution in [0.4, 0.5) is 5.69 Å². The Morgan fingerprint density at radius 1 is 1.40 bits per heavy atom. The molecule has 0 radical (unpaired) electrons. The topological polar surface area (TPSA) is 73.8 Å². The number of benzene rings is 1. The lowest BCUT2D eigenvalue weighted by molar-refractivity contribution is 0.408. The van der Waals surface area contributed by atoms with Gasteiger partial charge in [-0.05, 0) is 31.0 Å². The van der Waals surface area contributed by atoms with Crippen molar-refractivity contribution in [3.8, 4) is 0 Å². The molecule has 0 aliphatic carbocycles. The fourth-order valence-corrected chi connectivity index (χ4v) is 4.43. The Morgan fingerprint density at radius 2 is 2.20 bits per heavy atom. The molecule has 2 rings (SSSR count). The molecule has 25 heavy (non-hydrogen) atoms. The number of hydrogen-bond acceptors (Lipinski definition) is 4. The Labute approximate surface area is 155 Å². The maximum atomic E-state index is 11.4. The van der Waals surface area contributed by atoms with Gasteiger partial charge in [-0.25, -0.2) is 13.4 Å². The van der Waals surface area contributed by atoms with Gasteiger partial charge in [0.15, 0.2) is 5.96 Å². The van der Waals surface area contributed by atoms with Gasteiger partial charge in [-0.1, -0.05) is 19.1 Å². The van der Waals surface area contributed by atoms with E-state index in [4.69, 9.17) is 4.99 Å². The smallest absolute Gasteiger partial charge is 0.229 e. The highest BCUT2D eigenvalue weighted by molar-refractivity contribution is 8.00. The molecule has 1 unspecified atom stereocenters. The number of guanidine groups is 1. The predicted octanol–water partition coefficient (Wildman–Crippen LogP) is 2.35. The number of rotatable bonds is 6. The van der Waals surface area contributed by atoms with Crippen molar-refractivity contribution in [3.63, 3.8) is 0 Å². The van der Waals surface area contributed by atoms with E-state index in [1.54, 1.807) is 6.07 Å². The molecule has 8 heteroatoms. The number of thioether (sulfide) groups is 1. The first-order valence-corrected chi connectivity index (χ1v) is 11.6. The summed E-state index contributed by atoms with van der Waals surface area (Å²) < 4.78 is 25.2. The van der Waals surface area contributed by atoms with E-state index in [9.17, 15) is 8.42 Å². The molecule has 1 aliphatic heterocycles. The monoisotopic (exact) mass is 384 g/mol. The van der Waals surface area contributed by atoms with Gasteiger partial charge < -0.3 is 10.2 Å². The van der Waals surface area contributed by atoms with Crippen LogP contribution in [0.3, 0.4) is 0 Å². The van der Waals surface area contributed by atoms with Gasteiger partial charge in [-0.3, -0.25) is 4.72 Å². The predicted molar refractivity (Wildman–Crippen MR) is 108 cm³/mol. The SMILES string of the molecule is CCNC(=NCc1cccc(NS(C)(=O)=O)c1)N1CCSC(CC)C1. The first-order chi connectivity index (χ1) is 11.9. The molecule has 0 spiro atoms. The lowest BCUT2D eigenvalue weighted by Crippen LogP contribution is -2.48. The minimum atomic E-state index is -3.27. The molecule has 6 nitrogen and oxygen atoms in total. The van der Waals surface area contributed by atoms with Crippen LogP contribution in [0.2, 0.25) is 0 Å². The summed E-state index contributed by atoms with van der Waals surface area (Å²) in [5, 5.41) is 4.03. The van der Waals surface area contributed by atoms with Crippen LogP contribution in [0, 0.1) is 0 Å². The van der Waals surface area contributed by atoms with Crippen molar-refractivity contribution in [3.05, 3.63) is 29.8 Å². The van der Waals surface area contributed by atoms with E-state index in [1.807, 2.05) is 30.0 Å². The van der Waals surface area contributed by atoms with E-state index in [0.29, 0.717) is 17.5 Å². The number of nitrogens with one attached hydrogen (secondary N) is 2. The summed E-state index contributed by atoms with van der Waals surface area (Å²) in [6.07, 6.45) is 2.32. The maximum Gasteiger partial charge on any atom is 0.229 e. The molecule has 0 aromatic heterocycles. The second kappa shape index (κ2) is 9.33. The molecule has 1 fully saturated rings. The van der Waals surface area contributed by atoms with Crippen LogP contribution in [0.5, 0.6) is 0 Å². The zero-order valence-corrected chi connectivity index (χ0v) is 16.8. The van der Waals surface area contributed by atoms with Crippen molar-refractivity contribution in [1.82, 2.24) is 10.2 Å². The highest BCUT2D eigenvalue weighted by atomic mass is 32.2. The lowest BCUT2D eigenvalue weighted by Gasteiger charge is -2.34. The van der Waals surface area contributed by atoms with Gasteiger partial charge in [0.2, 0.25) is 10.0 Å². The molecule has 1 aromatic rings. The standard InChI is InChI=1S/C17H28N4O2S2/c1-4-16-13-21(9-10-24-16)17(18-5-2)19-12-14-7-6-8-15(11-14)20-25(3,22)23/h6-8,11,16,20H,4-5,9-10,12-13H2,1-3H3,(H,18,19). The summed E-state index contributed by atoms with van der Waals surface area (Å²) in [5.41, 5.74) is 1.54. The van der Waals surface area contributed by atoms with Gasteiger partial charge in [0.1, 0.15) is 0 Å². The zero-order valence-electron chi connectivity index (χ0n) is 15.2. The fraction of sp³-hybridized carbons (Fsp3) is 0.588. The van der Waals surface area contributed by atoms with Gasteiger partial charge in [0.25, 0.3) is 0 Å². The molecule has 1 heterocycles. The third-order valence-corrected chi connectivity index (χ3v) is 5.85. The minimum absolute atomic E-state index is 0.516. The van der Waals surface area contributed by atoms with Crippen molar-refractivity contribution in [1.29, 1.82) is 0 Å². The Bertz CT molecular complexity index is 692. The summed E-state index contributed by atoms with van der Waals surface area (Å²) >= 11 is 2.03. The minimum Gasteiger partial charge on any atom is -0.357 e. The number of nitrogens with zero attached hydrogens (tertiary/aromatic N) is 2. The van der Waals surface area contributed by atoms with Crippen molar-refractivity contribution >= 4 is 33.4 Å². The van der Waals surface area contributed by atoms with E-state index in [0.717, 1.165) is 43.2 Å². The first kappa shape index (κ1) is 19.9. The van der Waals surface area contributed by atoms with Gasteiger partial charge in [-0.2, -0.15) is 11.8 Å². The third-order valence-electron chi connectivity index (χ3n) is 3.87. The van der Waals surface area contributed by atoms with Gasteiger partial charge >= 0.3 is 0 Å². The molecule has 0 bridgehead atoms. The molecule has 1 aliphatic rings. The summed E-state index contributed by atoms with van der Waals surface area (Å²) in [7, 11) is -3.27. The third kappa shape index (κ3) is 6.78. The second-order valence-corrected chi connectivity index (χ2v) is 9.25. The van der Waals surface area contributed by atoms with Crippen molar-refractivity contribution in [2.45, 2.75) is 32.1 Å². The normalized spacial score (nSPS) is 18.9. The summed E-state index contributed by atoms with van der Waals surface area (Å²) in [6.45, 7) is 7.66. The van der Waals surface area contributed by atoms with Crippen LogP contribution >= 0.6 is 11.8 Å². The van der Waals surface area contributed by atoms with Gasteiger partial charge in [-0.15, -0.1) is 0 Å². The van der Waals surface area contributed by atoms with E-state index < -0.39 is 10.0 Å². The Morgan fingerprint density at radius 3 is 2.88 bits per heavy atom. The lowest BCUT2D eigenvalue weighted by atomic mass is 10.2. The number of hydrogen-bond donors (Lipinski definition) is 2.